The van der Waals surface area contributed by atoms with Crippen LogP contribution in [-0.4, -0.2) is 31.0 Å². The van der Waals surface area contributed by atoms with Gasteiger partial charge < -0.3 is 15.2 Å². The first-order chi connectivity index (χ1) is 8.99. The van der Waals surface area contributed by atoms with E-state index in [9.17, 15) is 5.11 Å². The number of aliphatic hydroxyl groups is 1. The van der Waals surface area contributed by atoms with Gasteiger partial charge in [-0.05, 0) is 30.5 Å². The van der Waals surface area contributed by atoms with E-state index < -0.39 is 6.10 Å². The topological polar surface area (TPSA) is 41.5 Å². The van der Waals surface area contributed by atoms with Gasteiger partial charge in [0, 0.05) is 24.2 Å². The van der Waals surface area contributed by atoms with Crippen molar-refractivity contribution in [3.05, 3.63) is 34.9 Å². The summed E-state index contributed by atoms with van der Waals surface area (Å²) in [5.74, 6) is 0.491. The van der Waals surface area contributed by atoms with E-state index in [2.05, 4.69) is 19.2 Å². The van der Waals surface area contributed by atoms with Crippen molar-refractivity contribution in [1.29, 1.82) is 0 Å². The molecule has 2 N–H and O–H groups in total. The first-order valence-electron chi connectivity index (χ1n) is 6.73. The molecule has 2 atom stereocenters. The second-order valence-corrected chi connectivity index (χ2v) is 5.71. The minimum atomic E-state index is -0.486. The number of rotatable bonds is 8. The molecule has 0 heterocycles. The van der Waals surface area contributed by atoms with Crippen molar-refractivity contribution >= 4 is 11.6 Å². The maximum atomic E-state index is 9.80. The van der Waals surface area contributed by atoms with Crippen molar-refractivity contribution in [2.75, 3.05) is 19.8 Å². The van der Waals surface area contributed by atoms with Crippen LogP contribution in [0, 0.1) is 5.92 Å². The van der Waals surface area contributed by atoms with Gasteiger partial charge in [-0.25, -0.2) is 0 Å². The second-order valence-electron chi connectivity index (χ2n) is 5.27. The lowest BCUT2D eigenvalue weighted by atomic mass is 10.1. The van der Waals surface area contributed by atoms with Crippen molar-refractivity contribution in [2.45, 2.75) is 32.9 Å². The largest absolute Gasteiger partial charge is 0.389 e. The van der Waals surface area contributed by atoms with Crippen LogP contribution in [0.1, 0.15) is 32.4 Å². The highest BCUT2D eigenvalue weighted by molar-refractivity contribution is 6.30. The molecule has 1 unspecified atom stereocenters. The van der Waals surface area contributed by atoms with Crippen molar-refractivity contribution in [2.24, 2.45) is 5.92 Å². The van der Waals surface area contributed by atoms with Crippen molar-refractivity contribution in [3.63, 3.8) is 0 Å². The Bertz CT molecular complexity index is 371. The van der Waals surface area contributed by atoms with Crippen LogP contribution in [0.3, 0.4) is 0 Å². The molecule has 4 heteroatoms. The molecule has 0 radical (unpaired) electrons. The lowest BCUT2D eigenvalue weighted by Crippen LogP contribution is -2.32. The zero-order chi connectivity index (χ0) is 14.3. The molecule has 108 valence electrons. The van der Waals surface area contributed by atoms with Crippen LogP contribution in [0.2, 0.25) is 5.02 Å². The van der Waals surface area contributed by atoms with Crippen LogP contribution >= 0.6 is 11.6 Å². The second kappa shape index (κ2) is 8.54. The molecule has 0 amide bonds. The third kappa shape index (κ3) is 6.92. The molecule has 0 aliphatic carbocycles. The molecule has 0 aromatic heterocycles. The number of nitrogens with one attached hydrogen (secondary N) is 1. The maximum absolute atomic E-state index is 9.80. The summed E-state index contributed by atoms with van der Waals surface area (Å²) in [5, 5.41) is 13.8. The van der Waals surface area contributed by atoms with Crippen molar-refractivity contribution in [3.8, 4) is 0 Å². The molecule has 0 aliphatic rings. The number of aliphatic hydroxyl groups excluding tert-OH is 1. The number of ether oxygens (including phenoxy) is 1. The Kier molecular flexibility index (Phi) is 7.39. The van der Waals surface area contributed by atoms with Gasteiger partial charge in [-0.3, -0.25) is 0 Å². The summed E-state index contributed by atoms with van der Waals surface area (Å²) in [4.78, 5) is 0. The Morgan fingerprint density at radius 3 is 2.63 bits per heavy atom. The van der Waals surface area contributed by atoms with E-state index in [1.165, 1.54) is 0 Å². The molecule has 0 bridgehead atoms. The Labute approximate surface area is 120 Å². The predicted octanol–water partition coefficient (Wildman–Crippen LogP) is 3.02. The van der Waals surface area contributed by atoms with Crippen LogP contribution in [-0.2, 0) is 4.74 Å². The summed E-state index contributed by atoms with van der Waals surface area (Å²) < 4.78 is 5.40. The molecule has 1 rings (SSSR count). The minimum absolute atomic E-state index is 0.151. The molecule has 0 aliphatic heterocycles. The van der Waals surface area contributed by atoms with E-state index in [0.29, 0.717) is 25.7 Å². The molecular formula is C15H24ClNO2. The van der Waals surface area contributed by atoms with Crippen LogP contribution in [0.25, 0.3) is 0 Å². The van der Waals surface area contributed by atoms with E-state index in [1.54, 1.807) is 0 Å². The molecule has 1 aromatic rings. The van der Waals surface area contributed by atoms with Gasteiger partial charge in [0.25, 0.3) is 0 Å². The highest BCUT2D eigenvalue weighted by atomic mass is 35.5. The van der Waals surface area contributed by atoms with E-state index in [-0.39, 0.29) is 6.04 Å². The maximum Gasteiger partial charge on any atom is 0.0897 e. The highest BCUT2D eigenvalue weighted by Gasteiger charge is 2.09. The summed E-state index contributed by atoms with van der Waals surface area (Å²) in [5.41, 5.74) is 1.11. The highest BCUT2D eigenvalue weighted by Crippen LogP contribution is 2.17. The normalized spacial score (nSPS) is 14.6. The summed E-state index contributed by atoms with van der Waals surface area (Å²) in [6, 6.07) is 7.88. The average Bonchev–Trinajstić information content (AvgIpc) is 2.35. The Balaban J connectivity index is 2.27. The van der Waals surface area contributed by atoms with Gasteiger partial charge in [0.05, 0.1) is 12.7 Å². The molecule has 0 saturated heterocycles. The van der Waals surface area contributed by atoms with Gasteiger partial charge in [0.15, 0.2) is 0 Å². The summed E-state index contributed by atoms with van der Waals surface area (Å²) in [7, 11) is 0. The lowest BCUT2D eigenvalue weighted by molar-refractivity contribution is 0.0252. The van der Waals surface area contributed by atoms with Gasteiger partial charge in [-0.1, -0.05) is 37.6 Å². The third-order valence-corrected chi connectivity index (χ3v) is 3.00. The fraction of sp³-hybridized carbons (Fsp3) is 0.600. The smallest absolute Gasteiger partial charge is 0.0897 e. The molecule has 19 heavy (non-hydrogen) atoms. The quantitative estimate of drug-likeness (QED) is 0.771. The Morgan fingerprint density at radius 2 is 2.00 bits per heavy atom. The first-order valence-corrected chi connectivity index (χ1v) is 7.11. The fourth-order valence-electron chi connectivity index (χ4n) is 1.71. The van der Waals surface area contributed by atoms with Crippen LogP contribution < -0.4 is 5.32 Å². The van der Waals surface area contributed by atoms with Gasteiger partial charge >= 0.3 is 0 Å². The summed E-state index contributed by atoms with van der Waals surface area (Å²) in [6.07, 6.45) is -0.486. The lowest BCUT2D eigenvalue weighted by Gasteiger charge is -2.18. The molecule has 1 aromatic carbocycles. The van der Waals surface area contributed by atoms with Crippen molar-refractivity contribution < 1.29 is 9.84 Å². The van der Waals surface area contributed by atoms with Crippen LogP contribution in [0.5, 0.6) is 0 Å². The van der Waals surface area contributed by atoms with E-state index in [4.69, 9.17) is 16.3 Å². The Hall–Kier alpha value is -0.610. The standard InChI is InChI=1S/C15H24ClNO2/c1-11(2)9-19-10-15(18)8-17-12(3)13-5-4-6-14(16)7-13/h4-7,11-12,15,17-18H,8-10H2,1-3H3/t12-,15?/m0/s1. The first kappa shape index (κ1) is 16.4. The van der Waals surface area contributed by atoms with E-state index in [1.807, 2.05) is 31.2 Å². The summed E-state index contributed by atoms with van der Waals surface area (Å²) >= 11 is 5.95. The molecule has 0 spiro atoms. The average molecular weight is 286 g/mol. The number of hydrogen-bond donors (Lipinski definition) is 2. The third-order valence-electron chi connectivity index (χ3n) is 2.77. The number of benzene rings is 1. The Morgan fingerprint density at radius 1 is 1.26 bits per heavy atom. The van der Waals surface area contributed by atoms with Gasteiger partial charge in [-0.15, -0.1) is 0 Å². The van der Waals surface area contributed by atoms with Gasteiger partial charge in [-0.2, -0.15) is 0 Å². The fourth-order valence-corrected chi connectivity index (χ4v) is 1.90. The van der Waals surface area contributed by atoms with Crippen LogP contribution in [0.15, 0.2) is 24.3 Å². The van der Waals surface area contributed by atoms with E-state index in [0.717, 1.165) is 10.6 Å². The number of hydrogen-bond acceptors (Lipinski definition) is 3. The zero-order valence-electron chi connectivity index (χ0n) is 11.9. The van der Waals surface area contributed by atoms with Gasteiger partial charge in [0.2, 0.25) is 0 Å². The minimum Gasteiger partial charge on any atom is -0.389 e. The summed E-state index contributed by atoms with van der Waals surface area (Å²) in [6.45, 7) is 7.78. The number of halogens is 1. The monoisotopic (exact) mass is 285 g/mol. The van der Waals surface area contributed by atoms with E-state index >= 15 is 0 Å². The SMILES string of the molecule is CC(C)COCC(O)CN[C@@H](C)c1cccc(Cl)c1. The molecule has 0 fully saturated rings. The van der Waals surface area contributed by atoms with Crippen molar-refractivity contribution in [1.82, 2.24) is 5.32 Å². The molecular weight excluding hydrogens is 262 g/mol. The zero-order valence-corrected chi connectivity index (χ0v) is 12.7. The molecule has 3 nitrogen and oxygen atoms in total. The van der Waals surface area contributed by atoms with Crippen LogP contribution in [0.4, 0.5) is 0 Å². The molecule has 0 saturated carbocycles. The predicted molar refractivity (Wildman–Crippen MR) is 79.5 cm³/mol. The van der Waals surface area contributed by atoms with Gasteiger partial charge in [0.1, 0.15) is 0 Å².